The zero-order valence-electron chi connectivity index (χ0n) is 24.2. The molecular formula is C42H32O2. The first kappa shape index (κ1) is 26.3. The third kappa shape index (κ3) is 4.18. The van der Waals surface area contributed by atoms with Crippen molar-refractivity contribution >= 4 is 11.6 Å². The SMILES string of the molecule is Oc1cc(O)c2c3c1/C(=C/c1ccccc1)c1ccccc1C(c1ccccc1)C3C(c1ccccc1)C2c1ccccc1. The number of aromatic hydroxyl groups is 2. The summed E-state index contributed by atoms with van der Waals surface area (Å²) in [5.41, 5.74) is 10.7. The standard InChI is InChI=1S/C42H32O2/c43-34-26-35(44)40-37(29-19-9-3-10-20-29)38(30-21-11-4-12-22-30)41-36(28-17-7-2-8-18-28)32-24-14-13-23-31(32)33(39(34)42(40)41)25-27-15-5-1-6-16-27/h1-26,36-38,41,43-44H/b33-25+. The molecule has 0 fully saturated rings. The minimum Gasteiger partial charge on any atom is -0.507 e. The lowest BCUT2D eigenvalue weighted by Gasteiger charge is -2.33. The average molecular weight is 569 g/mol. The van der Waals surface area contributed by atoms with Gasteiger partial charge < -0.3 is 10.2 Å². The Morgan fingerprint density at radius 3 is 1.61 bits per heavy atom. The predicted octanol–water partition coefficient (Wildman–Crippen LogP) is 9.85. The predicted molar refractivity (Wildman–Crippen MR) is 178 cm³/mol. The second kappa shape index (κ2) is 10.7. The molecule has 0 saturated heterocycles. The summed E-state index contributed by atoms with van der Waals surface area (Å²) in [6.07, 6.45) is 2.20. The van der Waals surface area contributed by atoms with E-state index in [4.69, 9.17) is 0 Å². The number of phenols is 2. The number of hydrogen-bond donors (Lipinski definition) is 2. The van der Waals surface area contributed by atoms with E-state index < -0.39 is 0 Å². The molecule has 2 N–H and O–H groups in total. The molecule has 0 aromatic heterocycles. The largest absolute Gasteiger partial charge is 0.507 e. The number of rotatable bonds is 4. The fourth-order valence-electron chi connectivity index (χ4n) is 7.95. The number of benzene rings is 6. The van der Waals surface area contributed by atoms with Crippen molar-refractivity contribution in [3.63, 3.8) is 0 Å². The van der Waals surface area contributed by atoms with Crippen molar-refractivity contribution < 1.29 is 10.2 Å². The molecule has 212 valence electrons. The first-order valence-corrected chi connectivity index (χ1v) is 15.3. The van der Waals surface area contributed by atoms with Gasteiger partial charge >= 0.3 is 0 Å². The van der Waals surface area contributed by atoms with Gasteiger partial charge in [-0.05, 0) is 50.6 Å². The van der Waals surface area contributed by atoms with Crippen molar-refractivity contribution in [1.29, 1.82) is 0 Å². The lowest BCUT2D eigenvalue weighted by atomic mass is 9.69. The summed E-state index contributed by atoms with van der Waals surface area (Å²) in [6.45, 7) is 0. The van der Waals surface area contributed by atoms with Crippen LogP contribution in [0.2, 0.25) is 0 Å². The number of fused-ring (bicyclic) bond motifs is 1. The fourth-order valence-corrected chi connectivity index (χ4v) is 7.95. The van der Waals surface area contributed by atoms with Crippen LogP contribution >= 0.6 is 0 Å². The Morgan fingerprint density at radius 1 is 0.455 bits per heavy atom. The molecule has 0 heterocycles. The Labute approximate surface area is 258 Å². The molecule has 2 aliphatic carbocycles. The Hall–Kier alpha value is -5.34. The molecule has 4 unspecified atom stereocenters. The molecule has 4 atom stereocenters. The fraction of sp³-hybridized carbons (Fsp3) is 0.0952. The number of phenolic OH excluding ortho intramolecular Hbond substituents is 2. The van der Waals surface area contributed by atoms with E-state index in [1.807, 2.05) is 24.3 Å². The third-order valence-electron chi connectivity index (χ3n) is 9.58. The molecule has 0 bridgehead atoms. The van der Waals surface area contributed by atoms with Crippen LogP contribution in [0.3, 0.4) is 0 Å². The molecule has 6 aromatic carbocycles. The van der Waals surface area contributed by atoms with Crippen LogP contribution in [-0.2, 0) is 0 Å². The monoisotopic (exact) mass is 568 g/mol. The molecule has 44 heavy (non-hydrogen) atoms. The Kier molecular flexibility index (Phi) is 6.42. The molecule has 8 rings (SSSR count). The average Bonchev–Trinajstić information content (AvgIpc) is 3.36. The lowest BCUT2D eigenvalue weighted by molar-refractivity contribution is 0.443. The van der Waals surface area contributed by atoms with Crippen LogP contribution < -0.4 is 0 Å². The second-order valence-electron chi connectivity index (χ2n) is 11.9. The normalized spacial score (nSPS) is 21.0. The quantitative estimate of drug-likeness (QED) is 0.222. The Morgan fingerprint density at radius 2 is 0.977 bits per heavy atom. The minimum absolute atomic E-state index is 0.00869. The Balaban J connectivity index is 1.55. The molecule has 6 aromatic rings. The summed E-state index contributed by atoms with van der Waals surface area (Å²) in [7, 11) is 0. The van der Waals surface area contributed by atoms with Crippen LogP contribution in [0.5, 0.6) is 11.5 Å². The summed E-state index contributed by atoms with van der Waals surface area (Å²) in [6, 6.07) is 52.6. The summed E-state index contributed by atoms with van der Waals surface area (Å²) in [5.74, 6) is 0.0807. The molecule has 0 spiro atoms. The van der Waals surface area contributed by atoms with Crippen molar-refractivity contribution in [3.8, 4) is 11.5 Å². The smallest absolute Gasteiger partial charge is 0.127 e. The van der Waals surface area contributed by atoms with Gasteiger partial charge in [-0.2, -0.15) is 0 Å². The van der Waals surface area contributed by atoms with Crippen LogP contribution in [0.25, 0.3) is 11.6 Å². The van der Waals surface area contributed by atoms with Gasteiger partial charge in [0.1, 0.15) is 11.5 Å². The zero-order chi connectivity index (χ0) is 29.6. The summed E-state index contributed by atoms with van der Waals surface area (Å²) >= 11 is 0. The highest BCUT2D eigenvalue weighted by atomic mass is 16.3. The third-order valence-corrected chi connectivity index (χ3v) is 9.58. The van der Waals surface area contributed by atoms with Gasteiger partial charge in [0.15, 0.2) is 0 Å². The van der Waals surface area contributed by atoms with Gasteiger partial charge in [0.2, 0.25) is 0 Å². The van der Waals surface area contributed by atoms with Crippen molar-refractivity contribution in [1.82, 2.24) is 0 Å². The van der Waals surface area contributed by atoms with Crippen LogP contribution in [0, 0.1) is 0 Å². The van der Waals surface area contributed by atoms with E-state index in [2.05, 4.69) is 127 Å². The maximum atomic E-state index is 11.9. The topological polar surface area (TPSA) is 40.5 Å². The number of hydrogen-bond acceptors (Lipinski definition) is 2. The molecule has 0 aliphatic heterocycles. The van der Waals surface area contributed by atoms with Crippen molar-refractivity contribution in [2.24, 2.45) is 0 Å². The molecule has 2 heteroatoms. The van der Waals surface area contributed by atoms with Gasteiger partial charge in [0.25, 0.3) is 0 Å². The van der Waals surface area contributed by atoms with Gasteiger partial charge in [-0.25, -0.2) is 0 Å². The molecule has 2 aliphatic rings. The van der Waals surface area contributed by atoms with Crippen LogP contribution in [0.1, 0.15) is 73.7 Å². The van der Waals surface area contributed by atoms with E-state index in [1.165, 1.54) is 16.7 Å². The highest BCUT2D eigenvalue weighted by Gasteiger charge is 2.51. The summed E-state index contributed by atoms with van der Waals surface area (Å²) in [5, 5.41) is 23.7. The maximum Gasteiger partial charge on any atom is 0.127 e. The van der Waals surface area contributed by atoms with Gasteiger partial charge in [-0.1, -0.05) is 146 Å². The highest BCUT2D eigenvalue weighted by Crippen LogP contribution is 2.66. The van der Waals surface area contributed by atoms with Crippen LogP contribution in [0.4, 0.5) is 0 Å². The first-order valence-electron chi connectivity index (χ1n) is 15.3. The molecule has 0 radical (unpaired) electrons. The van der Waals surface area contributed by atoms with E-state index in [1.54, 1.807) is 6.07 Å². The van der Waals surface area contributed by atoms with E-state index in [9.17, 15) is 10.2 Å². The first-order chi connectivity index (χ1) is 21.7. The van der Waals surface area contributed by atoms with Crippen LogP contribution in [-0.4, -0.2) is 10.2 Å². The molecule has 2 nitrogen and oxygen atoms in total. The summed E-state index contributed by atoms with van der Waals surface area (Å²) < 4.78 is 0. The molecular weight excluding hydrogens is 536 g/mol. The van der Waals surface area contributed by atoms with Gasteiger partial charge in [0, 0.05) is 40.9 Å². The van der Waals surface area contributed by atoms with E-state index in [0.717, 1.165) is 39.0 Å². The van der Waals surface area contributed by atoms with Gasteiger partial charge in [-0.3, -0.25) is 0 Å². The van der Waals surface area contributed by atoms with Gasteiger partial charge in [-0.15, -0.1) is 0 Å². The highest BCUT2D eigenvalue weighted by molar-refractivity contribution is 5.98. The Bertz CT molecular complexity index is 1980. The maximum absolute atomic E-state index is 11.9. The van der Waals surface area contributed by atoms with Crippen molar-refractivity contribution in [2.75, 3.05) is 0 Å². The molecule has 0 saturated carbocycles. The van der Waals surface area contributed by atoms with Crippen molar-refractivity contribution in [3.05, 3.63) is 202 Å². The van der Waals surface area contributed by atoms with Crippen LogP contribution in [0.15, 0.2) is 152 Å². The molecule has 0 amide bonds. The lowest BCUT2D eigenvalue weighted by Crippen LogP contribution is -2.19. The van der Waals surface area contributed by atoms with Gasteiger partial charge in [0.05, 0.1) is 0 Å². The van der Waals surface area contributed by atoms with E-state index in [0.29, 0.717) is 0 Å². The minimum atomic E-state index is -0.104. The van der Waals surface area contributed by atoms with E-state index >= 15 is 0 Å². The second-order valence-corrected chi connectivity index (χ2v) is 11.9. The zero-order valence-corrected chi connectivity index (χ0v) is 24.2. The van der Waals surface area contributed by atoms with Crippen molar-refractivity contribution in [2.45, 2.75) is 23.7 Å². The summed E-state index contributed by atoms with van der Waals surface area (Å²) in [4.78, 5) is 0. The van der Waals surface area contributed by atoms with E-state index in [-0.39, 0.29) is 35.2 Å².